The summed E-state index contributed by atoms with van der Waals surface area (Å²) >= 11 is 5.82. The highest BCUT2D eigenvalue weighted by molar-refractivity contribution is 6.30. The fraction of sp³-hybridized carbons (Fsp3) is 0.440. The number of anilines is 1. The van der Waals surface area contributed by atoms with E-state index in [-0.39, 0.29) is 18.5 Å². The second kappa shape index (κ2) is 10.3. The molecule has 4 heterocycles. The number of ether oxygens (including phenoxy) is 2. The molecule has 1 aromatic carbocycles. The van der Waals surface area contributed by atoms with E-state index in [0.717, 1.165) is 57.4 Å². The molecule has 0 N–H and O–H groups in total. The Morgan fingerprint density at radius 2 is 2.03 bits per heavy atom. The summed E-state index contributed by atoms with van der Waals surface area (Å²) in [5.74, 6) is 2.05. The minimum atomic E-state index is -0.380. The number of rotatable bonds is 8. The standard InChI is InChI=1S/C25H29ClFN5O2/c1-18(25-28-8-9-32(25)16-21-7-14-33-21)30-10-12-31(13-11-30)23-3-2-4-24(29-23)34-17-19-5-6-20(26)15-22(19)27/h2-6,8-9,15,18,21H,7,10-14,16-17H2,1H3/t18-,21+/m1/s1. The van der Waals surface area contributed by atoms with Crippen molar-refractivity contribution < 1.29 is 13.9 Å². The highest BCUT2D eigenvalue weighted by atomic mass is 35.5. The molecule has 0 radical (unpaired) electrons. The number of benzene rings is 1. The van der Waals surface area contributed by atoms with Gasteiger partial charge in [-0.3, -0.25) is 4.90 Å². The Balaban J connectivity index is 1.17. The van der Waals surface area contributed by atoms with Crippen molar-refractivity contribution in [3.05, 3.63) is 71.0 Å². The van der Waals surface area contributed by atoms with E-state index in [2.05, 4.69) is 37.5 Å². The van der Waals surface area contributed by atoms with E-state index in [1.54, 1.807) is 18.2 Å². The summed E-state index contributed by atoms with van der Waals surface area (Å²) < 4.78 is 27.6. The van der Waals surface area contributed by atoms with Crippen LogP contribution in [-0.4, -0.2) is 58.3 Å². The van der Waals surface area contributed by atoms with Gasteiger partial charge in [0.15, 0.2) is 0 Å². The highest BCUT2D eigenvalue weighted by Gasteiger charge is 2.27. The van der Waals surface area contributed by atoms with Gasteiger partial charge in [-0.25, -0.2) is 9.37 Å². The van der Waals surface area contributed by atoms with Gasteiger partial charge in [-0.15, -0.1) is 0 Å². The second-order valence-electron chi connectivity index (χ2n) is 8.78. The van der Waals surface area contributed by atoms with Crippen LogP contribution >= 0.6 is 11.6 Å². The fourth-order valence-corrected chi connectivity index (χ4v) is 4.60. The molecular formula is C25H29ClFN5O2. The Labute approximate surface area is 204 Å². The molecule has 3 aromatic rings. The van der Waals surface area contributed by atoms with E-state index in [1.165, 1.54) is 6.07 Å². The predicted octanol–water partition coefficient (Wildman–Crippen LogP) is 4.32. The lowest BCUT2D eigenvalue weighted by Gasteiger charge is -2.38. The molecular weight excluding hydrogens is 457 g/mol. The van der Waals surface area contributed by atoms with E-state index in [0.29, 0.717) is 22.6 Å². The zero-order chi connectivity index (χ0) is 23.5. The Hall–Kier alpha value is -2.68. The number of hydrogen-bond acceptors (Lipinski definition) is 6. The minimum Gasteiger partial charge on any atom is -0.473 e. The Morgan fingerprint density at radius 1 is 1.21 bits per heavy atom. The number of imidazole rings is 1. The van der Waals surface area contributed by atoms with E-state index < -0.39 is 0 Å². The van der Waals surface area contributed by atoms with Crippen LogP contribution in [0, 0.1) is 5.82 Å². The summed E-state index contributed by atoms with van der Waals surface area (Å²) in [5.41, 5.74) is 0.446. The maximum atomic E-state index is 14.0. The number of nitrogens with zero attached hydrogens (tertiary/aromatic N) is 5. The first-order valence-corrected chi connectivity index (χ1v) is 12.1. The van der Waals surface area contributed by atoms with Crippen molar-refractivity contribution in [1.82, 2.24) is 19.4 Å². The zero-order valence-corrected chi connectivity index (χ0v) is 20.0. The molecule has 2 aromatic heterocycles. The van der Waals surface area contributed by atoms with Gasteiger partial charge in [0, 0.05) is 61.8 Å². The molecule has 0 amide bonds. The average Bonchev–Trinajstić information content (AvgIpc) is 3.29. The molecule has 0 bridgehead atoms. The van der Waals surface area contributed by atoms with Crippen molar-refractivity contribution in [2.24, 2.45) is 0 Å². The Bertz CT molecular complexity index is 1110. The third-order valence-corrected chi connectivity index (χ3v) is 6.84. The van der Waals surface area contributed by atoms with Crippen LogP contribution in [0.15, 0.2) is 48.8 Å². The van der Waals surface area contributed by atoms with Crippen molar-refractivity contribution in [3.8, 4) is 5.88 Å². The first kappa shape index (κ1) is 23.1. The summed E-state index contributed by atoms with van der Waals surface area (Å²) in [7, 11) is 0. The van der Waals surface area contributed by atoms with Crippen LogP contribution in [0.4, 0.5) is 10.2 Å². The molecule has 0 unspecified atom stereocenters. The summed E-state index contributed by atoms with van der Waals surface area (Å²) in [6.45, 7) is 7.61. The summed E-state index contributed by atoms with van der Waals surface area (Å²) in [5, 5.41) is 0.367. The van der Waals surface area contributed by atoms with Gasteiger partial charge >= 0.3 is 0 Å². The lowest BCUT2D eigenvalue weighted by molar-refractivity contribution is -0.0599. The zero-order valence-electron chi connectivity index (χ0n) is 19.2. The van der Waals surface area contributed by atoms with Gasteiger partial charge in [0.2, 0.25) is 5.88 Å². The third kappa shape index (κ3) is 5.19. The summed E-state index contributed by atoms with van der Waals surface area (Å²) in [4.78, 5) is 14.0. The van der Waals surface area contributed by atoms with E-state index in [1.807, 2.05) is 18.3 Å². The molecule has 0 saturated carbocycles. The van der Waals surface area contributed by atoms with Crippen molar-refractivity contribution in [1.29, 1.82) is 0 Å². The van der Waals surface area contributed by atoms with Gasteiger partial charge < -0.3 is 18.9 Å². The SMILES string of the molecule is C[C@H](c1nccn1C[C@@H]1CCO1)N1CCN(c2cccc(OCc3ccc(Cl)cc3F)n2)CC1. The van der Waals surface area contributed by atoms with Crippen molar-refractivity contribution in [3.63, 3.8) is 0 Å². The summed E-state index contributed by atoms with van der Waals surface area (Å²) in [6, 6.07) is 10.5. The second-order valence-corrected chi connectivity index (χ2v) is 9.21. The third-order valence-electron chi connectivity index (χ3n) is 6.60. The molecule has 5 rings (SSSR count). The van der Waals surface area contributed by atoms with Crippen molar-refractivity contribution in [2.45, 2.75) is 38.6 Å². The first-order chi connectivity index (χ1) is 16.6. The van der Waals surface area contributed by atoms with Gasteiger partial charge in [-0.05, 0) is 31.5 Å². The molecule has 7 nitrogen and oxygen atoms in total. The number of pyridine rings is 1. The lowest BCUT2D eigenvalue weighted by atomic mass is 10.1. The summed E-state index contributed by atoms with van der Waals surface area (Å²) in [6.07, 6.45) is 5.37. The fourth-order valence-electron chi connectivity index (χ4n) is 4.44. The molecule has 2 saturated heterocycles. The van der Waals surface area contributed by atoms with Crippen LogP contribution in [-0.2, 0) is 17.9 Å². The van der Waals surface area contributed by atoms with Crippen LogP contribution in [0.1, 0.15) is 30.8 Å². The normalized spacial score (nSPS) is 19.6. The molecule has 0 spiro atoms. The van der Waals surface area contributed by atoms with E-state index >= 15 is 0 Å². The minimum absolute atomic E-state index is 0.100. The average molecular weight is 486 g/mol. The molecule has 2 aliphatic rings. The maximum absolute atomic E-state index is 14.0. The molecule has 2 aliphatic heterocycles. The van der Waals surface area contributed by atoms with Gasteiger partial charge in [-0.2, -0.15) is 4.98 Å². The van der Waals surface area contributed by atoms with Crippen LogP contribution in [0.3, 0.4) is 0 Å². The Kier molecular flexibility index (Phi) is 6.99. The van der Waals surface area contributed by atoms with Crippen LogP contribution < -0.4 is 9.64 Å². The first-order valence-electron chi connectivity index (χ1n) is 11.7. The van der Waals surface area contributed by atoms with Gasteiger partial charge in [0.05, 0.1) is 18.7 Å². The molecule has 34 heavy (non-hydrogen) atoms. The predicted molar refractivity (Wildman–Crippen MR) is 129 cm³/mol. The van der Waals surface area contributed by atoms with Crippen molar-refractivity contribution in [2.75, 3.05) is 37.7 Å². The van der Waals surface area contributed by atoms with Gasteiger partial charge in [-0.1, -0.05) is 23.7 Å². The molecule has 180 valence electrons. The smallest absolute Gasteiger partial charge is 0.215 e. The van der Waals surface area contributed by atoms with E-state index in [4.69, 9.17) is 21.1 Å². The maximum Gasteiger partial charge on any atom is 0.215 e. The van der Waals surface area contributed by atoms with E-state index in [9.17, 15) is 4.39 Å². The molecule has 0 aliphatic carbocycles. The molecule has 2 fully saturated rings. The van der Waals surface area contributed by atoms with Crippen LogP contribution in [0.25, 0.3) is 0 Å². The van der Waals surface area contributed by atoms with Gasteiger partial charge in [0.25, 0.3) is 0 Å². The number of piperazine rings is 1. The van der Waals surface area contributed by atoms with Crippen molar-refractivity contribution >= 4 is 17.4 Å². The highest BCUT2D eigenvalue weighted by Crippen LogP contribution is 2.25. The van der Waals surface area contributed by atoms with Crippen LogP contribution in [0.5, 0.6) is 5.88 Å². The topological polar surface area (TPSA) is 55.7 Å². The van der Waals surface area contributed by atoms with Crippen LogP contribution in [0.2, 0.25) is 5.02 Å². The number of hydrogen-bond donors (Lipinski definition) is 0. The quantitative estimate of drug-likeness (QED) is 0.473. The number of aromatic nitrogens is 3. The largest absolute Gasteiger partial charge is 0.473 e. The molecule has 2 atom stereocenters. The van der Waals surface area contributed by atoms with Gasteiger partial charge in [0.1, 0.15) is 24.1 Å². The number of halogens is 2. The molecule has 9 heteroatoms. The lowest BCUT2D eigenvalue weighted by Crippen LogP contribution is -2.48. The Morgan fingerprint density at radius 3 is 2.76 bits per heavy atom. The monoisotopic (exact) mass is 485 g/mol.